The van der Waals surface area contributed by atoms with Gasteiger partial charge in [0.25, 0.3) is 15.9 Å². The Hall–Kier alpha value is -2.56. The van der Waals surface area contributed by atoms with E-state index in [0.29, 0.717) is 0 Å². The van der Waals surface area contributed by atoms with Gasteiger partial charge >= 0.3 is 5.85 Å². The van der Waals surface area contributed by atoms with Crippen molar-refractivity contribution in [1.29, 1.82) is 0 Å². The molecule has 0 saturated heterocycles. The highest BCUT2D eigenvalue weighted by molar-refractivity contribution is 7.92. The highest BCUT2D eigenvalue weighted by Crippen LogP contribution is 2.33. The molecule has 0 aliphatic carbocycles. The number of carbonyl (C=O) groups excluding carboxylic acids is 1. The average molecular weight is 508 g/mol. The molecule has 33 heavy (non-hydrogen) atoms. The standard InChI is InChI=1S/C20H24F3N2O6PS/c1-4-30-16-9-12(24-19(27)18(26)11(2)3)6-8-17(16)33(28,29)25-13-5-7-14(21)15(10-13)31-20(22,23)32/h5-11,18,25-26H,4,32H2,1-3H3,(H,24,27)/t18-/m0/s1. The first-order valence-corrected chi connectivity index (χ1v) is 11.7. The predicted molar refractivity (Wildman–Crippen MR) is 120 cm³/mol. The Morgan fingerprint density at radius 3 is 2.33 bits per heavy atom. The fourth-order valence-corrected chi connectivity index (χ4v) is 3.90. The molecular formula is C20H24F3N2O6PS. The number of rotatable bonds is 10. The Bertz CT molecular complexity index is 1110. The van der Waals surface area contributed by atoms with Gasteiger partial charge in [-0.05, 0) is 46.3 Å². The maximum atomic E-state index is 13.8. The van der Waals surface area contributed by atoms with Crippen molar-refractivity contribution in [3.63, 3.8) is 0 Å². The van der Waals surface area contributed by atoms with Crippen molar-refractivity contribution >= 4 is 36.5 Å². The number of aliphatic hydroxyl groups is 1. The quantitative estimate of drug-likeness (QED) is 0.421. The molecule has 0 heterocycles. The number of ether oxygens (including phenoxy) is 2. The van der Waals surface area contributed by atoms with Gasteiger partial charge in [-0.2, -0.15) is 8.78 Å². The summed E-state index contributed by atoms with van der Waals surface area (Å²) in [5.41, 5.74) is -0.0530. The molecule has 0 fully saturated rings. The minimum atomic E-state index is -4.32. The van der Waals surface area contributed by atoms with E-state index in [9.17, 15) is 31.5 Å². The molecular weight excluding hydrogens is 484 g/mol. The fourth-order valence-electron chi connectivity index (χ4n) is 2.60. The summed E-state index contributed by atoms with van der Waals surface area (Å²) in [5.74, 6) is -6.86. The van der Waals surface area contributed by atoms with Crippen LogP contribution in [0.3, 0.4) is 0 Å². The maximum absolute atomic E-state index is 13.8. The van der Waals surface area contributed by atoms with Crippen LogP contribution < -0.4 is 19.5 Å². The summed E-state index contributed by atoms with van der Waals surface area (Å²) in [4.78, 5) is 11.8. The first-order valence-electron chi connectivity index (χ1n) is 9.67. The predicted octanol–water partition coefficient (Wildman–Crippen LogP) is 3.78. The van der Waals surface area contributed by atoms with E-state index < -0.39 is 39.5 Å². The normalized spacial score (nSPS) is 12.9. The second-order valence-corrected chi connectivity index (χ2v) is 9.51. The van der Waals surface area contributed by atoms with Gasteiger partial charge in [0.1, 0.15) is 16.7 Å². The molecule has 0 radical (unpaired) electrons. The van der Waals surface area contributed by atoms with Crippen LogP contribution in [0, 0.1) is 11.7 Å². The summed E-state index contributed by atoms with van der Waals surface area (Å²) >= 11 is 0. The summed E-state index contributed by atoms with van der Waals surface area (Å²) in [6.45, 7) is 5.02. The van der Waals surface area contributed by atoms with Crippen LogP contribution in [0.25, 0.3) is 0 Å². The van der Waals surface area contributed by atoms with Crippen molar-refractivity contribution in [1.82, 2.24) is 0 Å². The summed E-state index contributed by atoms with van der Waals surface area (Å²) in [7, 11) is -3.24. The Morgan fingerprint density at radius 1 is 1.15 bits per heavy atom. The Balaban J connectivity index is 2.34. The smallest absolute Gasteiger partial charge is 0.408 e. The molecule has 0 spiro atoms. The van der Waals surface area contributed by atoms with Crippen molar-refractivity contribution in [2.45, 2.75) is 37.6 Å². The van der Waals surface area contributed by atoms with E-state index >= 15 is 0 Å². The van der Waals surface area contributed by atoms with Crippen LogP contribution >= 0.6 is 9.24 Å². The van der Waals surface area contributed by atoms with Crippen LogP contribution in [0.1, 0.15) is 20.8 Å². The number of anilines is 2. The van der Waals surface area contributed by atoms with Gasteiger partial charge in [0.2, 0.25) is 0 Å². The second-order valence-electron chi connectivity index (χ2n) is 7.19. The van der Waals surface area contributed by atoms with Crippen molar-refractivity contribution < 1.29 is 41.0 Å². The van der Waals surface area contributed by atoms with Gasteiger partial charge in [-0.1, -0.05) is 13.8 Å². The van der Waals surface area contributed by atoms with Gasteiger partial charge in [0, 0.05) is 17.8 Å². The average Bonchev–Trinajstić information content (AvgIpc) is 2.68. The number of sulfonamides is 1. The van der Waals surface area contributed by atoms with Crippen LogP contribution in [-0.4, -0.2) is 38.0 Å². The minimum Gasteiger partial charge on any atom is -0.492 e. The van der Waals surface area contributed by atoms with Crippen molar-refractivity contribution in [2.75, 3.05) is 16.6 Å². The summed E-state index contributed by atoms with van der Waals surface area (Å²) in [5, 5.41) is 12.3. The van der Waals surface area contributed by atoms with Crippen LogP contribution in [0.15, 0.2) is 41.3 Å². The van der Waals surface area contributed by atoms with E-state index in [1.54, 1.807) is 20.8 Å². The molecule has 0 saturated carbocycles. The fraction of sp³-hybridized carbons (Fsp3) is 0.350. The van der Waals surface area contributed by atoms with Crippen molar-refractivity contribution in [2.24, 2.45) is 5.92 Å². The lowest BCUT2D eigenvalue weighted by Crippen LogP contribution is -2.31. The number of hydrogen-bond acceptors (Lipinski definition) is 6. The molecule has 0 aliphatic rings. The minimum absolute atomic E-state index is 0.0896. The first-order chi connectivity index (χ1) is 15.2. The highest BCUT2D eigenvalue weighted by atomic mass is 32.2. The number of carbonyl (C=O) groups is 1. The number of halogens is 3. The van der Waals surface area contributed by atoms with Gasteiger partial charge in [0.05, 0.1) is 12.3 Å². The third kappa shape index (κ3) is 7.48. The number of nitrogens with one attached hydrogen (secondary N) is 2. The zero-order chi connectivity index (χ0) is 25.0. The third-order valence-corrected chi connectivity index (χ3v) is 5.67. The molecule has 0 bridgehead atoms. The highest BCUT2D eigenvalue weighted by Gasteiger charge is 2.27. The van der Waals surface area contributed by atoms with Crippen LogP contribution in [0.5, 0.6) is 11.5 Å². The van der Waals surface area contributed by atoms with Gasteiger partial charge in [-0.3, -0.25) is 9.52 Å². The number of benzene rings is 2. The monoisotopic (exact) mass is 508 g/mol. The zero-order valence-electron chi connectivity index (χ0n) is 17.9. The van der Waals surface area contributed by atoms with Gasteiger partial charge < -0.3 is 19.9 Å². The maximum Gasteiger partial charge on any atom is 0.408 e. The lowest BCUT2D eigenvalue weighted by molar-refractivity contribution is -0.125. The first kappa shape index (κ1) is 26.7. The zero-order valence-corrected chi connectivity index (χ0v) is 19.9. The molecule has 13 heteroatoms. The van der Waals surface area contributed by atoms with E-state index in [2.05, 4.69) is 14.8 Å². The summed E-state index contributed by atoms with van der Waals surface area (Å²) < 4.78 is 77.4. The molecule has 1 amide bonds. The van der Waals surface area contributed by atoms with E-state index in [0.717, 1.165) is 33.5 Å². The van der Waals surface area contributed by atoms with Crippen molar-refractivity contribution in [3.05, 3.63) is 42.2 Å². The SMILES string of the molecule is CCOc1cc(NC(=O)[C@@H](O)C(C)C)ccc1S(=O)(=O)Nc1ccc(F)c(OC(F)(F)P)c1. The van der Waals surface area contributed by atoms with Crippen molar-refractivity contribution in [3.8, 4) is 11.5 Å². The molecule has 3 N–H and O–H groups in total. The van der Waals surface area contributed by atoms with Gasteiger partial charge in [-0.25, -0.2) is 12.8 Å². The molecule has 182 valence electrons. The molecule has 2 atom stereocenters. The molecule has 8 nitrogen and oxygen atoms in total. The molecule has 0 aliphatic heterocycles. The number of alkyl halides is 2. The van der Waals surface area contributed by atoms with Gasteiger partial charge in [0.15, 0.2) is 11.6 Å². The molecule has 2 aromatic rings. The number of amides is 1. The summed E-state index contributed by atoms with van der Waals surface area (Å²) in [6, 6.07) is 6.28. The Morgan fingerprint density at radius 2 is 1.76 bits per heavy atom. The second kappa shape index (κ2) is 10.6. The number of aliphatic hydroxyl groups excluding tert-OH is 1. The van der Waals surface area contributed by atoms with Crippen LogP contribution in [0.2, 0.25) is 0 Å². The molecule has 2 aromatic carbocycles. The van der Waals surface area contributed by atoms with E-state index in [1.165, 1.54) is 12.1 Å². The van der Waals surface area contributed by atoms with Crippen LogP contribution in [0.4, 0.5) is 24.5 Å². The molecule has 2 rings (SSSR count). The van der Waals surface area contributed by atoms with Crippen LogP contribution in [-0.2, 0) is 14.8 Å². The summed E-state index contributed by atoms with van der Waals surface area (Å²) in [6.07, 6.45) is -1.27. The number of hydrogen-bond donors (Lipinski definition) is 3. The topological polar surface area (TPSA) is 114 Å². The molecule has 0 aromatic heterocycles. The lowest BCUT2D eigenvalue weighted by atomic mass is 10.1. The lowest BCUT2D eigenvalue weighted by Gasteiger charge is -2.17. The molecule has 1 unspecified atom stereocenters. The van der Waals surface area contributed by atoms with E-state index in [-0.39, 0.29) is 34.5 Å². The Labute approximate surface area is 191 Å². The third-order valence-electron chi connectivity index (χ3n) is 4.13. The van der Waals surface area contributed by atoms with E-state index in [1.807, 2.05) is 0 Å². The Kier molecular flexibility index (Phi) is 8.56. The largest absolute Gasteiger partial charge is 0.492 e. The van der Waals surface area contributed by atoms with Gasteiger partial charge in [-0.15, -0.1) is 0 Å². The van der Waals surface area contributed by atoms with E-state index in [4.69, 9.17) is 4.74 Å².